The van der Waals surface area contributed by atoms with Gasteiger partial charge in [0.05, 0.1) is 0 Å². The summed E-state index contributed by atoms with van der Waals surface area (Å²) in [4.78, 5) is 4.82. The van der Waals surface area contributed by atoms with Crippen LogP contribution in [0.1, 0.15) is 12.0 Å². The predicted octanol–water partition coefficient (Wildman–Crippen LogP) is 1.33. The number of nitrogens with zero attached hydrogens (tertiary/aromatic N) is 2. The van der Waals surface area contributed by atoms with Crippen molar-refractivity contribution in [3.8, 4) is 0 Å². The second kappa shape index (κ2) is 5.52. The maximum absolute atomic E-state index is 5.68. The van der Waals surface area contributed by atoms with Crippen molar-refractivity contribution in [1.29, 1.82) is 0 Å². The zero-order valence-corrected chi connectivity index (χ0v) is 10.9. The molecule has 94 valence electrons. The van der Waals surface area contributed by atoms with Gasteiger partial charge < -0.3 is 15.5 Å². The van der Waals surface area contributed by atoms with Gasteiger partial charge >= 0.3 is 0 Å². The van der Waals surface area contributed by atoms with Gasteiger partial charge in [-0.2, -0.15) is 0 Å². The third-order valence-electron chi connectivity index (χ3n) is 3.64. The zero-order chi connectivity index (χ0) is 12.3. The summed E-state index contributed by atoms with van der Waals surface area (Å²) < 4.78 is 0. The molecule has 2 rings (SSSR count). The second-order valence-corrected chi connectivity index (χ2v) is 5.02. The number of hydrogen-bond donors (Lipinski definition) is 1. The maximum Gasteiger partial charge on any atom is 0.0399 e. The highest BCUT2D eigenvalue weighted by Gasteiger charge is 2.24. The number of benzene rings is 1. The first-order valence-electron chi connectivity index (χ1n) is 6.41. The normalized spacial score (nSPS) is 20.2. The molecule has 1 aliphatic rings. The van der Waals surface area contributed by atoms with E-state index in [2.05, 4.69) is 48.2 Å². The van der Waals surface area contributed by atoms with Gasteiger partial charge in [-0.05, 0) is 45.1 Å². The van der Waals surface area contributed by atoms with Gasteiger partial charge in [-0.1, -0.05) is 18.2 Å². The number of hydrogen-bond acceptors (Lipinski definition) is 3. The third kappa shape index (κ3) is 2.79. The lowest BCUT2D eigenvalue weighted by atomic mass is 10.1. The lowest BCUT2D eigenvalue weighted by molar-refractivity contribution is 0.315. The summed E-state index contributed by atoms with van der Waals surface area (Å²) >= 11 is 0. The van der Waals surface area contributed by atoms with Gasteiger partial charge in [-0.3, -0.25) is 0 Å². The van der Waals surface area contributed by atoms with E-state index in [4.69, 9.17) is 5.73 Å². The van der Waals surface area contributed by atoms with Crippen LogP contribution in [0.4, 0.5) is 5.69 Å². The highest BCUT2D eigenvalue weighted by atomic mass is 15.2. The van der Waals surface area contributed by atoms with Crippen molar-refractivity contribution in [1.82, 2.24) is 4.90 Å². The summed E-state index contributed by atoms with van der Waals surface area (Å²) in [5.74, 6) is 0. The molecule has 1 aromatic rings. The molecule has 2 N–H and O–H groups in total. The number of para-hydroxylation sites is 1. The molecule has 0 aliphatic carbocycles. The molecule has 17 heavy (non-hydrogen) atoms. The van der Waals surface area contributed by atoms with Crippen LogP contribution in [0.15, 0.2) is 24.3 Å². The molecular formula is C14H23N3. The molecule has 1 aliphatic heterocycles. The molecule has 1 fully saturated rings. The molecule has 0 saturated carbocycles. The van der Waals surface area contributed by atoms with Crippen molar-refractivity contribution in [2.45, 2.75) is 18.9 Å². The minimum atomic E-state index is 0.681. The summed E-state index contributed by atoms with van der Waals surface area (Å²) in [6.45, 7) is 3.01. The SMILES string of the molecule is CN(C)C1CCN(c2ccccc2CCN)C1. The Kier molecular flexibility index (Phi) is 4.02. The fourth-order valence-corrected chi connectivity index (χ4v) is 2.57. The predicted molar refractivity (Wildman–Crippen MR) is 73.5 cm³/mol. The van der Waals surface area contributed by atoms with Gasteiger partial charge in [-0.15, -0.1) is 0 Å². The van der Waals surface area contributed by atoms with Crippen LogP contribution in [0.5, 0.6) is 0 Å². The van der Waals surface area contributed by atoms with Crippen molar-refractivity contribution in [2.24, 2.45) is 5.73 Å². The second-order valence-electron chi connectivity index (χ2n) is 5.02. The Morgan fingerprint density at radius 3 is 2.76 bits per heavy atom. The Morgan fingerprint density at radius 2 is 2.12 bits per heavy atom. The topological polar surface area (TPSA) is 32.5 Å². The van der Waals surface area contributed by atoms with Crippen molar-refractivity contribution in [3.05, 3.63) is 29.8 Å². The van der Waals surface area contributed by atoms with E-state index < -0.39 is 0 Å². The van der Waals surface area contributed by atoms with Crippen LogP contribution in [0.3, 0.4) is 0 Å². The van der Waals surface area contributed by atoms with E-state index in [9.17, 15) is 0 Å². The van der Waals surface area contributed by atoms with E-state index in [1.807, 2.05) is 0 Å². The van der Waals surface area contributed by atoms with E-state index in [0.717, 1.165) is 26.1 Å². The molecular weight excluding hydrogens is 210 g/mol. The standard InChI is InChI=1S/C14H23N3/c1-16(2)13-8-10-17(11-13)14-6-4-3-5-12(14)7-9-15/h3-6,13H,7-11,15H2,1-2H3. The average molecular weight is 233 g/mol. The number of rotatable bonds is 4. The molecule has 1 heterocycles. The van der Waals surface area contributed by atoms with Crippen LogP contribution >= 0.6 is 0 Å². The van der Waals surface area contributed by atoms with Gasteiger partial charge in [0.25, 0.3) is 0 Å². The van der Waals surface area contributed by atoms with Crippen LogP contribution in [-0.4, -0.2) is 44.7 Å². The molecule has 3 nitrogen and oxygen atoms in total. The van der Waals surface area contributed by atoms with E-state index in [0.29, 0.717) is 6.04 Å². The third-order valence-corrected chi connectivity index (χ3v) is 3.64. The lowest BCUT2D eigenvalue weighted by Gasteiger charge is -2.24. The Bertz CT molecular complexity index is 362. The highest BCUT2D eigenvalue weighted by Crippen LogP contribution is 2.25. The van der Waals surface area contributed by atoms with Gasteiger partial charge in [0.2, 0.25) is 0 Å². The van der Waals surface area contributed by atoms with Gasteiger partial charge in [-0.25, -0.2) is 0 Å². The molecule has 0 bridgehead atoms. The summed E-state index contributed by atoms with van der Waals surface area (Å²) in [6, 6.07) is 9.33. The van der Waals surface area contributed by atoms with Crippen LogP contribution in [0.25, 0.3) is 0 Å². The molecule has 1 aromatic carbocycles. The van der Waals surface area contributed by atoms with Gasteiger partial charge in [0.15, 0.2) is 0 Å². The smallest absolute Gasteiger partial charge is 0.0399 e. The quantitative estimate of drug-likeness (QED) is 0.851. The van der Waals surface area contributed by atoms with Gasteiger partial charge in [0, 0.05) is 24.8 Å². The Hall–Kier alpha value is -1.06. The first kappa shape index (κ1) is 12.4. The Morgan fingerprint density at radius 1 is 1.35 bits per heavy atom. The fourth-order valence-electron chi connectivity index (χ4n) is 2.57. The number of nitrogens with two attached hydrogens (primary N) is 1. The maximum atomic E-state index is 5.68. The van der Waals surface area contributed by atoms with Crippen LogP contribution in [0, 0.1) is 0 Å². The number of anilines is 1. The summed E-state index contributed by atoms with van der Waals surface area (Å²) in [6.07, 6.45) is 2.23. The van der Waals surface area contributed by atoms with Crippen LogP contribution in [-0.2, 0) is 6.42 Å². The molecule has 0 aromatic heterocycles. The van der Waals surface area contributed by atoms with Crippen molar-refractivity contribution in [3.63, 3.8) is 0 Å². The first-order valence-corrected chi connectivity index (χ1v) is 6.41. The van der Waals surface area contributed by atoms with Gasteiger partial charge in [0.1, 0.15) is 0 Å². The highest BCUT2D eigenvalue weighted by molar-refractivity contribution is 5.54. The molecule has 0 spiro atoms. The average Bonchev–Trinajstić information content (AvgIpc) is 2.79. The first-order chi connectivity index (χ1) is 8.22. The summed E-state index contributed by atoms with van der Waals surface area (Å²) in [5.41, 5.74) is 8.44. The minimum absolute atomic E-state index is 0.681. The largest absolute Gasteiger partial charge is 0.370 e. The van der Waals surface area contributed by atoms with E-state index in [1.165, 1.54) is 17.7 Å². The Labute approximate surface area is 104 Å². The lowest BCUT2D eigenvalue weighted by Crippen LogP contribution is -2.31. The van der Waals surface area contributed by atoms with E-state index in [-0.39, 0.29) is 0 Å². The molecule has 0 amide bonds. The summed E-state index contributed by atoms with van der Waals surface area (Å²) in [5, 5.41) is 0. The molecule has 1 atom stereocenters. The number of likely N-dealkylation sites (N-methyl/N-ethyl adjacent to an activating group) is 1. The fraction of sp³-hybridized carbons (Fsp3) is 0.571. The molecule has 3 heteroatoms. The Balaban J connectivity index is 2.12. The van der Waals surface area contributed by atoms with E-state index in [1.54, 1.807) is 0 Å². The van der Waals surface area contributed by atoms with E-state index >= 15 is 0 Å². The van der Waals surface area contributed by atoms with Crippen LogP contribution < -0.4 is 10.6 Å². The van der Waals surface area contributed by atoms with Crippen LogP contribution in [0.2, 0.25) is 0 Å². The molecule has 1 unspecified atom stereocenters. The molecule has 0 radical (unpaired) electrons. The van der Waals surface area contributed by atoms with Crippen molar-refractivity contribution >= 4 is 5.69 Å². The minimum Gasteiger partial charge on any atom is -0.370 e. The van der Waals surface area contributed by atoms with Crippen molar-refractivity contribution < 1.29 is 0 Å². The zero-order valence-electron chi connectivity index (χ0n) is 10.9. The summed E-state index contributed by atoms with van der Waals surface area (Å²) in [7, 11) is 4.33. The molecule has 1 saturated heterocycles. The van der Waals surface area contributed by atoms with Crippen molar-refractivity contribution in [2.75, 3.05) is 38.6 Å². The monoisotopic (exact) mass is 233 g/mol.